The molecule has 0 aliphatic carbocycles. The van der Waals surface area contributed by atoms with Crippen molar-refractivity contribution < 1.29 is 67.8 Å². The number of hydrogen-bond donors (Lipinski definition) is 7. The van der Waals surface area contributed by atoms with Gasteiger partial charge in [0.05, 0.1) is 59.3 Å². The van der Waals surface area contributed by atoms with Gasteiger partial charge in [0.2, 0.25) is 23.6 Å². The third kappa shape index (κ3) is 42.3. The zero-order valence-corrected chi connectivity index (χ0v) is 36.0. The van der Waals surface area contributed by atoms with Crippen LogP contribution in [-0.2, 0) is 52.5 Å². The molecule has 18 heteroatoms. The van der Waals surface area contributed by atoms with Crippen LogP contribution in [0.15, 0.2) is 0 Å². The van der Waals surface area contributed by atoms with Gasteiger partial charge in [0.15, 0.2) is 0 Å². The fourth-order valence-electron chi connectivity index (χ4n) is 5.89. The van der Waals surface area contributed by atoms with Crippen LogP contribution in [-0.4, -0.2) is 135 Å². The summed E-state index contributed by atoms with van der Waals surface area (Å²) >= 11 is 0. The number of carboxylic acid groups (broad SMARTS) is 3. The molecule has 4 amide bonds. The van der Waals surface area contributed by atoms with Crippen LogP contribution in [0.4, 0.5) is 0 Å². The normalized spacial score (nSPS) is 11.5. The summed E-state index contributed by atoms with van der Waals surface area (Å²) in [7, 11) is 0. The van der Waals surface area contributed by atoms with E-state index in [1.54, 1.807) is 0 Å². The van der Waals surface area contributed by atoms with E-state index in [0.717, 1.165) is 44.9 Å². The summed E-state index contributed by atoms with van der Waals surface area (Å²) in [6, 6.07) is -0.948. The largest absolute Gasteiger partial charge is 0.481 e. The minimum absolute atomic E-state index is 0.0759. The maximum Gasteiger partial charge on any atom is 0.326 e. The zero-order valence-electron chi connectivity index (χ0n) is 36.0. The predicted molar refractivity (Wildman–Crippen MR) is 223 cm³/mol. The molecule has 0 aliphatic rings. The van der Waals surface area contributed by atoms with Gasteiger partial charge in [0.1, 0.15) is 6.04 Å². The lowest BCUT2D eigenvalue weighted by Gasteiger charge is -2.14. The Bertz CT molecular complexity index is 1160. The van der Waals surface area contributed by atoms with E-state index in [9.17, 15) is 38.7 Å². The molecule has 1 atom stereocenters. The third-order valence-corrected chi connectivity index (χ3v) is 9.31. The lowest BCUT2D eigenvalue weighted by Crippen LogP contribution is -2.40. The van der Waals surface area contributed by atoms with Gasteiger partial charge in [-0.25, -0.2) is 4.79 Å². The highest BCUT2D eigenvalue weighted by Crippen LogP contribution is 2.14. The van der Waals surface area contributed by atoms with Gasteiger partial charge in [0.25, 0.3) is 0 Å². The quantitative estimate of drug-likeness (QED) is 0.0425. The maximum absolute atomic E-state index is 12.3. The number of unbranched alkanes of at least 4 members (excludes halogenated alkanes) is 14. The van der Waals surface area contributed by atoms with E-state index in [0.29, 0.717) is 58.8 Å². The molecule has 0 unspecified atom stereocenters. The second kappa shape index (κ2) is 41.8. The van der Waals surface area contributed by atoms with Gasteiger partial charge >= 0.3 is 17.9 Å². The molecule has 0 saturated carbocycles. The highest BCUT2D eigenvalue weighted by atomic mass is 16.5. The van der Waals surface area contributed by atoms with E-state index in [-0.39, 0.29) is 95.1 Å². The molecule has 0 heterocycles. The second-order valence-corrected chi connectivity index (χ2v) is 14.7. The van der Waals surface area contributed by atoms with Crippen molar-refractivity contribution in [3.63, 3.8) is 0 Å². The molecule has 0 saturated heterocycles. The monoisotopic (exact) mass is 861 g/mol. The molecule has 0 radical (unpaired) electrons. The van der Waals surface area contributed by atoms with Crippen LogP contribution < -0.4 is 21.3 Å². The lowest BCUT2D eigenvalue weighted by atomic mass is 10.0. The molecular weight excluding hydrogens is 784 g/mol. The SMILES string of the molecule is O=C(O)CCCCCCCCCCCCCCCCC(=O)N[C@@H](CCCCNC(=O)CCOCCOCCNC(=O)CCOCCOCCNC(=O)CCC(=O)O)C(=O)O. The van der Waals surface area contributed by atoms with Gasteiger partial charge in [-0.1, -0.05) is 77.0 Å². The van der Waals surface area contributed by atoms with Crippen LogP contribution in [0.1, 0.15) is 148 Å². The molecule has 0 aromatic rings. The molecule has 18 nitrogen and oxygen atoms in total. The van der Waals surface area contributed by atoms with Crippen LogP contribution in [0, 0.1) is 0 Å². The van der Waals surface area contributed by atoms with E-state index < -0.39 is 23.9 Å². The smallest absolute Gasteiger partial charge is 0.326 e. The summed E-state index contributed by atoms with van der Waals surface area (Å²) in [5.41, 5.74) is 0. The van der Waals surface area contributed by atoms with Crippen molar-refractivity contribution in [1.29, 1.82) is 0 Å². The standard InChI is InChI=1S/C42H76N4O14/c47-36(20-21-41(53)54)44-25-29-59-33-32-58-28-23-38(49)45-26-30-60-34-31-57-27-22-37(48)43-24-16-15-17-35(42(55)56)46-39(50)18-13-11-9-7-5-3-1-2-4-6-8-10-12-14-19-40(51)52/h35H,1-34H2,(H,43,48)(H,44,47)(H,45,49)(H,46,50)(H,51,52)(H,53,54)(H,55,56)/t35-/m0/s1. The van der Waals surface area contributed by atoms with Gasteiger partial charge in [-0.3, -0.25) is 28.8 Å². The Morgan fingerprint density at radius 1 is 0.350 bits per heavy atom. The summed E-state index contributed by atoms with van der Waals surface area (Å²) in [6.07, 6.45) is 17.4. The molecule has 60 heavy (non-hydrogen) atoms. The number of carbonyl (C=O) groups excluding carboxylic acids is 4. The topological polar surface area (TPSA) is 265 Å². The average molecular weight is 861 g/mol. The number of hydrogen-bond acceptors (Lipinski definition) is 11. The minimum atomic E-state index is -1.06. The third-order valence-electron chi connectivity index (χ3n) is 9.31. The first-order valence-electron chi connectivity index (χ1n) is 22.1. The van der Waals surface area contributed by atoms with Crippen molar-refractivity contribution in [3.05, 3.63) is 0 Å². The Morgan fingerprint density at radius 2 is 0.733 bits per heavy atom. The van der Waals surface area contributed by atoms with E-state index in [2.05, 4.69) is 21.3 Å². The van der Waals surface area contributed by atoms with Crippen molar-refractivity contribution in [2.24, 2.45) is 0 Å². The number of carbonyl (C=O) groups is 7. The summed E-state index contributed by atoms with van der Waals surface area (Å²) < 4.78 is 21.5. The molecule has 0 aromatic heterocycles. The van der Waals surface area contributed by atoms with Gasteiger partial charge in [-0.05, 0) is 32.1 Å². The van der Waals surface area contributed by atoms with Gasteiger partial charge in [-0.15, -0.1) is 0 Å². The summed E-state index contributed by atoms with van der Waals surface area (Å²) in [5, 5.41) is 37.4. The van der Waals surface area contributed by atoms with Crippen LogP contribution in [0.2, 0.25) is 0 Å². The number of rotatable bonds is 45. The number of ether oxygens (including phenoxy) is 4. The first kappa shape index (κ1) is 56.1. The fraction of sp³-hybridized carbons (Fsp3) is 0.833. The lowest BCUT2D eigenvalue weighted by molar-refractivity contribution is -0.142. The molecule has 0 fully saturated rings. The Morgan fingerprint density at radius 3 is 1.17 bits per heavy atom. The summed E-state index contributed by atoms with van der Waals surface area (Å²) in [6.45, 7) is 3.18. The maximum atomic E-state index is 12.3. The van der Waals surface area contributed by atoms with E-state index >= 15 is 0 Å². The average Bonchev–Trinajstić information content (AvgIpc) is 3.20. The molecule has 7 N–H and O–H groups in total. The van der Waals surface area contributed by atoms with Crippen molar-refractivity contribution in [3.8, 4) is 0 Å². The molecule has 0 rings (SSSR count). The van der Waals surface area contributed by atoms with Gasteiger partial charge in [-0.2, -0.15) is 0 Å². The van der Waals surface area contributed by atoms with Crippen LogP contribution in [0.25, 0.3) is 0 Å². The summed E-state index contributed by atoms with van der Waals surface area (Å²) in [4.78, 5) is 80.3. The highest BCUT2D eigenvalue weighted by Gasteiger charge is 2.19. The minimum Gasteiger partial charge on any atom is -0.481 e. The molecule has 0 bridgehead atoms. The Kier molecular flexibility index (Phi) is 39.1. The molecule has 0 aromatic carbocycles. The van der Waals surface area contributed by atoms with Crippen molar-refractivity contribution in [1.82, 2.24) is 21.3 Å². The van der Waals surface area contributed by atoms with Gasteiger partial charge < -0.3 is 55.5 Å². The number of aliphatic carboxylic acids is 3. The predicted octanol–water partition coefficient (Wildman–Crippen LogP) is 4.11. The zero-order chi connectivity index (χ0) is 44.3. The van der Waals surface area contributed by atoms with E-state index in [1.165, 1.54) is 44.9 Å². The van der Waals surface area contributed by atoms with Gasteiger partial charge in [0, 0.05) is 51.7 Å². The Balaban J connectivity index is 3.59. The van der Waals surface area contributed by atoms with E-state index in [4.69, 9.17) is 29.2 Å². The molecule has 0 aliphatic heterocycles. The molecular formula is C42H76N4O14. The van der Waals surface area contributed by atoms with Crippen LogP contribution in [0.5, 0.6) is 0 Å². The van der Waals surface area contributed by atoms with Crippen molar-refractivity contribution in [2.45, 2.75) is 154 Å². The Hall–Kier alpha value is -3.87. The Labute approximate surface area is 356 Å². The van der Waals surface area contributed by atoms with Crippen molar-refractivity contribution in [2.75, 3.05) is 72.5 Å². The first-order chi connectivity index (χ1) is 29.0. The number of nitrogens with one attached hydrogen (secondary N) is 4. The molecule has 348 valence electrons. The molecule has 0 spiro atoms. The number of amides is 4. The second-order valence-electron chi connectivity index (χ2n) is 14.7. The fourth-order valence-corrected chi connectivity index (χ4v) is 5.89. The summed E-state index contributed by atoms with van der Waals surface area (Å²) in [5.74, 6) is -3.75. The van der Waals surface area contributed by atoms with Crippen LogP contribution >= 0.6 is 0 Å². The van der Waals surface area contributed by atoms with Crippen LogP contribution in [0.3, 0.4) is 0 Å². The van der Waals surface area contributed by atoms with E-state index in [1.807, 2.05) is 0 Å². The van der Waals surface area contributed by atoms with Crippen molar-refractivity contribution >= 4 is 41.5 Å². The first-order valence-corrected chi connectivity index (χ1v) is 22.1. The highest BCUT2D eigenvalue weighted by molar-refractivity contribution is 5.83. The number of carboxylic acids is 3.